The van der Waals surface area contributed by atoms with E-state index >= 15 is 0 Å². The van der Waals surface area contributed by atoms with Crippen molar-refractivity contribution in [3.8, 4) is 11.5 Å². The molecule has 0 bridgehead atoms. The Kier molecular flexibility index (Phi) is 4.49. The predicted molar refractivity (Wildman–Crippen MR) is 75.6 cm³/mol. The molecule has 0 spiro atoms. The molecule has 0 radical (unpaired) electrons. The van der Waals surface area contributed by atoms with Gasteiger partial charge in [-0.3, -0.25) is 0 Å². The first-order valence-electron chi connectivity index (χ1n) is 6.54. The number of benzene rings is 2. The summed E-state index contributed by atoms with van der Waals surface area (Å²) >= 11 is 0. The number of hydrogen-bond acceptors (Lipinski definition) is 3. The molecule has 0 aromatic heterocycles. The summed E-state index contributed by atoms with van der Waals surface area (Å²) in [7, 11) is 0. The second-order valence-electron chi connectivity index (χ2n) is 4.94. The molecule has 0 heterocycles. The van der Waals surface area contributed by atoms with Gasteiger partial charge in [0.05, 0.1) is 5.56 Å². The van der Waals surface area contributed by atoms with Crippen LogP contribution in [0.5, 0.6) is 11.5 Å². The number of carboxylic acid groups (broad SMARTS) is 1. The topological polar surface area (TPSA) is 66.8 Å². The maximum atomic E-state index is 12.6. The zero-order valence-electron chi connectivity index (χ0n) is 12.0. The Bertz CT molecular complexity index is 739. The highest BCUT2D eigenvalue weighted by atomic mass is 19.4. The fraction of sp³-hybridized carbons (Fsp3) is 0.188. The van der Waals surface area contributed by atoms with Crippen LogP contribution >= 0.6 is 0 Å². The Morgan fingerprint density at radius 3 is 2.52 bits per heavy atom. The molecule has 4 nitrogen and oxygen atoms in total. The van der Waals surface area contributed by atoms with Gasteiger partial charge in [0.15, 0.2) is 0 Å². The zero-order valence-corrected chi connectivity index (χ0v) is 12.0. The number of aromatic carboxylic acids is 1. The van der Waals surface area contributed by atoms with Crippen molar-refractivity contribution in [3.63, 3.8) is 0 Å². The summed E-state index contributed by atoms with van der Waals surface area (Å²) in [6.45, 7) is 1.38. The van der Waals surface area contributed by atoms with E-state index in [1.807, 2.05) is 0 Å². The summed E-state index contributed by atoms with van der Waals surface area (Å²) in [6.07, 6.45) is -4.48. The van der Waals surface area contributed by atoms with Gasteiger partial charge in [-0.05, 0) is 42.8 Å². The van der Waals surface area contributed by atoms with Gasteiger partial charge >= 0.3 is 12.1 Å². The third-order valence-corrected chi connectivity index (χ3v) is 3.12. The SMILES string of the molecule is Cc1cc(COc2cccc(C(F)(F)F)c2)c(O)c(C(=O)O)c1. The second kappa shape index (κ2) is 6.20. The minimum absolute atomic E-state index is 0.0300. The molecule has 23 heavy (non-hydrogen) atoms. The first-order valence-corrected chi connectivity index (χ1v) is 6.54. The van der Waals surface area contributed by atoms with Crippen molar-refractivity contribution in [1.29, 1.82) is 0 Å². The molecule has 0 atom stereocenters. The molecular weight excluding hydrogens is 313 g/mol. The lowest BCUT2D eigenvalue weighted by molar-refractivity contribution is -0.137. The number of rotatable bonds is 4. The average Bonchev–Trinajstić information content (AvgIpc) is 2.47. The Morgan fingerprint density at radius 2 is 1.91 bits per heavy atom. The number of phenols is 1. The Hall–Kier alpha value is -2.70. The molecule has 0 saturated carbocycles. The lowest BCUT2D eigenvalue weighted by atomic mass is 10.1. The van der Waals surface area contributed by atoms with Gasteiger partial charge in [-0.1, -0.05) is 6.07 Å². The summed E-state index contributed by atoms with van der Waals surface area (Å²) in [6, 6.07) is 7.11. The van der Waals surface area contributed by atoms with E-state index in [-0.39, 0.29) is 23.5 Å². The van der Waals surface area contributed by atoms with Crippen molar-refractivity contribution in [2.24, 2.45) is 0 Å². The number of halogens is 3. The summed E-state index contributed by atoms with van der Waals surface area (Å²) in [5, 5.41) is 18.9. The minimum atomic E-state index is -4.48. The molecule has 0 unspecified atom stereocenters. The van der Waals surface area contributed by atoms with Crippen molar-refractivity contribution in [2.75, 3.05) is 0 Å². The summed E-state index contributed by atoms with van der Waals surface area (Å²) in [4.78, 5) is 11.0. The van der Waals surface area contributed by atoms with Crippen LogP contribution in [-0.4, -0.2) is 16.2 Å². The maximum Gasteiger partial charge on any atom is 0.416 e. The molecule has 2 N–H and O–H groups in total. The van der Waals surface area contributed by atoms with Crippen molar-refractivity contribution < 1.29 is 32.9 Å². The number of hydrogen-bond donors (Lipinski definition) is 2. The lowest BCUT2D eigenvalue weighted by Crippen LogP contribution is -2.06. The molecule has 0 amide bonds. The smallest absolute Gasteiger partial charge is 0.416 e. The third-order valence-electron chi connectivity index (χ3n) is 3.12. The Balaban J connectivity index is 2.23. The highest BCUT2D eigenvalue weighted by Crippen LogP contribution is 2.32. The lowest BCUT2D eigenvalue weighted by Gasteiger charge is -2.12. The van der Waals surface area contributed by atoms with E-state index in [1.54, 1.807) is 6.92 Å². The molecule has 2 aromatic carbocycles. The van der Waals surface area contributed by atoms with Gasteiger partial charge in [0.1, 0.15) is 23.7 Å². The Morgan fingerprint density at radius 1 is 1.22 bits per heavy atom. The number of carbonyl (C=O) groups is 1. The summed E-state index contributed by atoms with van der Waals surface area (Å²) in [5.41, 5.74) is -0.370. The number of ether oxygens (including phenoxy) is 1. The number of carboxylic acids is 1. The van der Waals surface area contributed by atoms with Gasteiger partial charge in [-0.15, -0.1) is 0 Å². The molecule has 2 rings (SSSR count). The first-order chi connectivity index (χ1) is 10.7. The first kappa shape index (κ1) is 16.7. The zero-order chi connectivity index (χ0) is 17.2. The summed E-state index contributed by atoms with van der Waals surface area (Å²) < 4.78 is 43.1. The average molecular weight is 326 g/mol. The normalized spacial score (nSPS) is 11.3. The van der Waals surface area contributed by atoms with E-state index in [4.69, 9.17) is 9.84 Å². The highest BCUT2D eigenvalue weighted by Gasteiger charge is 2.30. The van der Waals surface area contributed by atoms with E-state index < -0.39 is 23.5 Å². The van der Waals surface area contributed by atoms with Crippen molar-refractivity contribution in [2.45, 2.75) is 19.7 Å². The molecule has 0 aliphatic heterocycles. The molecule has 122 valence electrons. The molecule has 0 aliphatic rings. The van der Waals surface area contributed by atoms with Crippen LogP contribution in [0.4, 0.5) is 13.2 Å². The van der Waals surface area contributed by atoms with Crippen molar-refractivity contribution in [3.05, 3.63) is 58.7 Å². The van der Waals surface area contributed by atoms with E-state index in [9.17, 15) is 23.1 Å². The van der Waals surface area contributed by atoms with E-state index in [0.29, 0.717) is 5.56 Å². The molecule has 2 aromatic rings. The predicted octanol–water partition coefficient (Wildman–Crippen LogP) is 4.00. The fourth-order valence-electron chi connectivity index (χ4n) is 2.05. The van der Waals surface area contributed by atoms with Gasteiger partial charge in [0.2, 0.25) is 0 Å². The molecule has 0 aliphatic carbocycles. The second-order valence-corrected chi connectivity index (χ2v) is 4.94. The van der Waals surface area contributed by atoms with Crippen molar-refractivity contribution in [1.82, 2.24) is 0 Å². The molecule has 7 heteroatoms. The molecule has 0 saturated heterocycles. The molecule has 0 fully saturated rings. The number of aryl methyl sites for hydroxylation is 1. The standard InChI is InChI=1S/C16H13F3O4/c1-9-5-10(14(20)13(6-9)15(21)22)8-23-12-4-2-3-11(7-12)16(17,18)19/h2-7,20H,8H2,1H3,(H,21,22). The molecular formula is C16H13F3O4. The van der Waals surface area contributed by atoms with Crippen LogP contribution in [0.1, 0.15) is 27.0 Å². The van der Waals surface area contributed by atoms with Gasteiger partial charge in [-0.25, -0.2) is 4.79 Å². The van der Waals surface area contributed by atoms with Crippen LogP contribution in [0.2, 0.25) is 0 Å². The largest absolute Gasteiger partial charge is 0.507 e. The van der Waals surface area contributed by atoms with Crippen LogP contribution in [0.3, 0.4) is 0 Å². The number of alkyl halides is 3. The Labute approximate surface area is 129 Å². The van der Waals surface area contributed by atoms with Crippen LogP contribution in [0.15, 0.2) is 36.4 Å². The van der Waals surface area contributed by atoms with E-state index in [2.05, 4.69) is 0 Å². The maximum absolute atomic E-state index is 12.6. The monoisotopic (exact) mass is 326 g/mol. The van der Waals surface area contributed by atoms with Gasteiger partial charge in [0.25, 0.3) is 0 Å². The van der Waals surface area contributed by atoms with Crippen LogP contribution in [-0.2, 0) is 12.8 Å². The van der Waals surface area contributed by atoms with E-state index in [1.165, 1.54) is 24.3 Å². The fourth-order valence-corrected chi connectivity index (χ4v) is 2.05. The van der Waals surface area contributed by atoms with Crippen LogP contribution < -0.4 is 4.74 Å². The highest BCUT2D eigenvalue weighted by molar-refractivity contribution is 5.91. The minimum Gasteiger partial charge on any atom is -0.507 e. The van der Waals surface area contributed by atoms with Crippen LogP contribution in [0.25, 0.3) is 0 Å². The number of aromatic hydroxyl groups is 1. The quantitative estimate of drug-likeness (QED) is 0.891. The van der Waals surface area contributed by atoms with E-state index in [0.717, 1.165) is 12.1 Å². The van der Waals surface area contributed by atoms with Gasteiger partial charge < -0.3 is 14.9 Å². The van der Waals surface area contributed by atoms with Gasteiger partial charge in [-0.2, -0.15) is 13.2 Å². The van der Waals surface area contributed by atoms with Crippen molar-refractivity contribution >= 4 is 5.97 Å². The summed E-state index contributed by atoms with van der Waals surface area (Å²) in [5.74, 6) is -1.79. The third kappa shape index (κ3) is 3.94. The van der Waals surface area contributed by atoms with Gasteiger partial charge in [0, 0.05) is 5.56 Å². The van der Waals surface area contributed by atoms with Crippen LogP contribution in [0, 0.1) is 6.92 Å².